The summed E-state index contributed by atoms with van der Waals surface area (Å²) >= 11 is 1.71. The van der Waals surface area contributed by atoms with E-state index in [9.17, 15) is 0 Å². The largest absolute Gasteiger partial charge is 0.305 e. The molecule has 2 aromatic rings. The van der Waals surface area contributed by atoms with Gasteiger partial charge in [-0.15, -0.1) is 11.3 Å². The highest BCUT2D eigenvalue weighted by atomic mass is 32.1. The van der Waals surface area contributed by atoms with Crippen LogP contribution in [0, 0.1) is 13.8 Å². The summed E-state index contributed by atoms with van der Waals surface area (Å²) in [5.74, 6) is 0. The SMILES string of the molecule is CCCNC(c1cncc(C)c1)c1scnc1C. The topological polar surface area (TPSA) is 37.8 Å². The number of thiazole rings is 1. The third-order valence-corrected chi connectivity index (χ3v) is 3.87. The Kier molecular flexibility index (Phi) is 4.44. The molecule has 0 aliphatic heterocycles. The lowest BCUT2D eigenvalue weighted by Crippen LogP contribution is -2.23. The van der Waals surface area contributed by atoms with Crippen LogP contribution in [0.1, 0.15) is 41.1 Å². The summed E-state index contributed by atoms with van der Waals surface area (Å²) in [6.07, 6.45) is 4.95. The number of rotatable bonds is 5. The van der Waals surface area contributed by atoms with E-state index < -0.39 is 0 Å². The maximum atomic E-state index is 4.35. The Hall–Kier alpha value is -1.26. The summed E-state index contributed by atoms with van der Waals surface area (Å²) in [7, 11) is 0. The number of hydrogen-bond donors (Lipinski definition) is 1. The molecular formula is C14H19N3S. The van der Waals surface area contributed by atoms with Crippen LogP contribution < -0.4 is 5.32 Å². The minimum atomic E-state index is 0.213. The molecule has 2 aromatic heterocycles. The third-order valence-electron chi connectivity index (χ3n) is 2.87. The van der Waals surface area contributed by atoms with Crippen molar-refractivity contribution in [3.8, 4) is 0 Å². The van der Waals surface area contributed by atoms with Gasteiger partial charge < -0.3 is 5.32 Å². The van der Waals surface area contributed by atoms with E-state index in [-0.39, 0.29) is 6.04 Å². The lowest BCUT2D eigenvalue weighted by atomic mass is 10.0. The molecule has 2 heterocycles. The number of pyridine rings is 1. The van der Waals surface area contributed by atoms with Gasteiger partial charge in [0, 0.05) is 17.3 Å². The number of aromatic nitrogens is 2. The van der Waals surface area contributed by atoms with Crippen molar-refractivity contribution in [1.29, 1.82) is 0 Å². The van der Waals surface area contributed by atoms with Crippen molar-refractivity contribution in [3.63, 3.8) is 0 Å². The van der Waals surface area contributed by atoms with Gasteiger partial charge in [0.1, 0.15) is 0 Å². The Labute approximate surface area is 112 Å². The second-order valence-electron chi connectivity index (χ2n) is 4.48. The molecule has 3 nitrogen and oxygen atoms in total. The Morgan fingerprint density at radius 2 is 2.17 bits per heavy atom. The van der Waals surface area contributed by atoms with Crippen molar-refractivity contribution in [2.24, 2.45) is 0 Å². The number of nitrogens with one attached hydrogen (secondary N) is 1. The first-order valence-electron chi connectivity index (χ1n) is 6.27. The standard InChI is InChI=1S/C14H19N3S/c1-4-5-16-13(14-11(3)17-9-18-14)12-6-10(2)7-15-8-12/h6-9,13,16H,4-5H2,1-3H3. The number of nitrogens with zero attached hydrogens (tertiary/aromatic N) is 2. The fraction of sp³-hybridized carbons (Fsp3) is 0.429. The van der Waals surface area contributed by atoms with E-state index in [1.165, 1.54) is 16.0 Å². The molecule has 1 N–H and O–H groups in total. The molecular weight excluding hydrogens is 242 g/mol. The predicted octanol–water partition coefficient (Wildman–Crippen LogP) is 3.24. The van der Waals surface area contributed by atoms with Crippen molar-refractivity contribution < 1.29 is 0 Å². The summed E-state index contributed by atoms with van der Waals surface area (Å²) in [5.41, 5.74) is 5.43. The Morgan fingerprint density at radius 3 is 2.78 bits per heavy atom. The van der Waals surface area contributed by atoms with Gasteiger partial charge in [0.25, 0.3) is 0 Å². The average molecular weight is 261 g/mol. The molecule has 0 aromatic carbocycles. The molecule has 0 bridgehead atoms. The van der Waals surface area contributed by atoms with Gasteiger partial charge in [-0.2, -0.15) is 0 Å². The van der Waals surface area contributed by atoms with Crippen molar-refractivity contribution in [2.75, 3.05) is 6.54 Å². The molecule has 2 rings (SSSR count). The van der Waals surface area contributed by atoms with E-state index in [0.29, 0.717) is 0 Å². The van der Waals surface area contributed by atoms with Crippen LogP contribution >= 0.6 is 11.3 Å². The van der Waals surface area contributed by atoms with Gasteiger partial charge in [-0.3, -0.25) is 4.98 Å². The summed E-state index contributed by atoms with van der Waals surface area (Å²) in [6.45, 7) is 7.32. The molecule has 0 fully saturated rings. The van der Waals surface area contributed by atoms with Crippen LogP contribution in [0.25, 0.3) is 0 Å². The van der Waals surface area contributed by atoms with Gasteiger partial charge in [0.15, 0.2) is 0 Å². The minimum Gasteiger partial charge on any atom is -0.305 e. The van der Waals surface area contributed by atoms with Crippen LogP contribution in [0.2, 0.25) is 0 Å². The molecule has 0 aliphatic rings. The van der Waals surface area contributed by atoms with E-state index in [0.717, 1.165) is 18.7 Å². The van der Waals surface area contributed by atoms with Gasteiger partial charge >= 0.3 is 0 Å². The van der Waals surface area contributed by atoms with Gasteiger partial charge in [0.05, 0.1) is 17.2 Å². The molecule has 18 heavy (non-hydrogen) atoms. The molecule has 1 unspecified atom stereocenters. The van der Waals surface area contributed by atoms with Gasteiger partial charge in [-0.1, -0.05) is 13.0 Å². The molecule has 0 spiro atoms. The third kappa shape index (κ3) is 2.94. The molecule has 4 heteroatoms. The van der Waals surface area contributed by atoms with Crippen molar-refractivity contribution in [3.05, 3.63) is 45.7 Å². The van der Waals surface area contributed by atoms with Crippen molar-refractivity contribution >= 4 is 11.3 Å². The molecule has 0 aliphatic carbocycles. The first-order valence-corrected chi connectivity index (χ1v) is 7.15. The zero-order valence-corrected chi connectivity index (χ0v) is 11.9. The van der Waals surface area contributed by atoms with Gasteiger partial charge in [-0.05, 0) is 37.9 Å². The highest BCUT2D eigenvalue weighted by molar-refractivity contribution is 7.09. The van der Waals surface area contributed by atoms with Crippen LogP contribution in [0.3, 0.4) is 0 Å². The van der Waals surface area contributed by atoms with E-state index in [2.05, 4.69) is 42.1 Å². The zero-order valence-electron chi connectivity index (χ0n) is 11.1. The van der Waals surface area contributed by atoms with E-state index >= 15 is 0 Å². The van der Waals surface area contributed by atoms with Crippen LogP contribution in [0.4, 0.5) is 0 Å². The smallest absolute Gasteiger partial charge is 0.0798 e. The average Bonchev–Trinajstić information content (AvgIpc) is 2.77. The monoisotopic (exact) mass is 261 g/mol. The Balaban J connectivity index is 2.33. The predicted molar refractivity (Wildman–Crippen MR) is 76.0 cm³/mol. The first-order chi connectivity index (χ1) is 8.72. The van der Waals surface area contributed by atoms with Crippen LogP contribution in [-0.4, -0.2) is 16.5 Å². The second-order valence-corrected chi connectivity index (χ2v) is 5.37. The molecule has 0 amide bonds. The molecule has 1 atom stereocenters. The number of hydrogen-bond acceptors (Lipinski definition) is 4. The quantitative estimate of drug-likeness (QED) is 0.898. The summed E-state index contributed by atoms with van der Waals surface area (Å²) < 4.78 is 0. The molecule has 0 saturated heterocycles. The zero-order chi connectivity index (χ0) is 13.0. The second kappa shape index (κ2) is 6.07. The summed E-state index contributed by atoms with van der Waals surface area (Å²) in [4.78, 5) is 9.94. The number of aryl methyl sites for hydroxylation is 2. The molecule has 0 radical (unpaired) electrons. The van der Waals surface area contributed by atoms with E-state index in [1.807, 2.05) is 17.9 Å². The molecule has 0 saturated carbocycles. The summed E-state index contributed by atoms with van der Waals surface area (Å²) in [6, 6.07) is 2.41. The highest BCUT2D eigenvalue weighted by Crippen LogP contribution is 2.27. The lowest BCUT2D eigenvalue weighted by molar-refractivity contribution is 0.601. The summed E-state index contributed by atoms with van der Waals surface area (Å²) in [5, 5.41) is 3.59. The highest BCUT2D eigenvalue weighted by Gasteiger charge is 2.17. The van der Waals surface area contributed by atoms with Gasteiger partial charge in [-0.25, -0.2) is 4.98 Å². The maximum Gasteiger partial charge on any atom is 0.0798 e. The van der Waals surface area contributed by atoms with E-state index in [4.69, 9.17) is 0 Å². The van der Waals surface area contributed by atoms with E-state index in [1.54, 1.807) is 11.3 Å². The lowest BCUT2D eigenvalue weighted by Gasteiger charge is -2.18. The maximum absolute atomic E-state index is 4.35. The van der Waals surface area contributed by atoms with Crippen LogP contribution in [-0.2, 0) is 0 Å². The van der Waals surface area contributed by atoms with Crippen LogP contribution in [0.15, 0.2) is 24.0 Å². The Morgan fingerprint density at radius 1 is 1.33 bits per heavy atom. The van der Waals surface area contributed by atoms with Crippen molar-refractivity contribution in [1.82, 2.24) is 15.3 Å². The van der Waals surface area contributed by atoms with Gasteiger partial charge in [0.2, 0.25) is 0 Å². The first kappa shape index (κ1) is 13.2. The van der Waals surface area contributed by atoms with Crippen molar-refractivity contribution in [2.45, 2.75) is 33.2 Å². The molecule has 96 valence electrons. The fourth-order valence-electron chi connectivity index (χ4n) is 1.97. The Bertz CT molecular complexity index is 507. The minimum absolute atomic E-state index is 0.213. The fourth-order valence-corrected chi connectivity index (χ4v) is 2.88. The normalized spacial score (nSPS) is 12.6. The van der Waals surface area contributed by atoms with Crippen LogP contribution in [0.5, 0.6) is 0 Å².